The molecule has 1 aromatic carbocycles. The van der Waals surface area contributed by atoms with Crippen LogP contribution in [0.1, 0.15) is 38.2 Å². The summed E-state index contributed by atoms with van der Waals surface area (Å²) in [6, 6.07) is 5.00. The highest BCUT2D eigenvalue weighted by Crippen LogP contribution is 2.41. The van der Waals surface area contributed by atoms with Gasteiger partial charge in [-0.15, -0.1) is 8.78 Å². The largest absolute Gasteiger partial charge is 0.586 e. The maximum absolute atomic E-state index is 12.8. The zero-order valence-corrected chi connectivity index (χ0v) is 9.84. The van der Waals surface area contributed by atoms with Gasteiger partial charge >= 0.3 is 6.29 Å². The average Bonchev–Trinajstić information content (AvgIpc) is 2.57. The Morgan fingerprint density at radius 1 is 1.06 bits per heavy atom. The summed E-state index contributed by atoms with van der Waals surface area (Å²) in [5.74, 6) is 0.260. The number of ether oxygens (including phenoxy) is 2. The first-order valence-corrected chi connectivity index (χ1v) is 5.99. The van der Waals surface area contributed by atoms with Crippen molar-refractivity contribution in [3.8, 4) is 11.5 Å². The van der Waals surface area contributed by atoms with E-state index in [0.29, 0.717) is 0 Å². The second kappa shape index (κ2) is 4.90. The third-order valence-corrected chi connectivity index (χ3v) is 2.78. The molecule has 0 saturated heterocycles. The number of rotatable bonds is 5. The van der Waals surface area contributed by atoms with E-state index in [0.717, 1.165) is 18.4 Å². The topological polar surface area (TPSA) is 18.5 Å². The highest BCUT2D eigenvalue weighted by Gasteiger charge is 2.43. The van der Waals surface area contributed by atoms with Crippen molar-refractivity contribution in [2.45, 2.75) is 45.3 Å². The van der Waals surface area contributed by atoms with Crippen molar-refractivity contribution in [2.24, 2.45) is 0 Å². The first-order chi connectivity index (χ1) is 8.11. The monoisotopic (exact) mass is 242 g/mol. The second-order valence-electron chi connectivity index (χ2n) is 4.26. The summed E-state index contributed by atoms with van der Waals surface area (Å²) < 4.78 is 34.3. The quantitative estimate of drug-likeness (QED) is 0.723. The maximum Gasteiger partial charge on any atom is 0.586 e. The Morgan fingerprint density at radius 2 is 1.82 bits per heavy atom. The van der Waals surface area contributed by atoms with Crippen molar-refractivity contribution >= 4 is 0 Å². The number of hydrogen-bond acceptors (Lipinski definition) is 2. The fraction of sp³-hybridized carbons (Fsp3) is 0.538. The highest BCUT2D eigenvalue weighted by molar-refractivity contribution is 5.45. The molecule has 0 radical (unpaired) electrons. The van der Waals surface area contributed by atoms with E-state index in [2.05, 4.69) is 16.4 Å². The lowest BCUT2D eigenvalue weighted by atomic mass is 10.1. The predicted octanol–water partition coefficient (Wildman–Crippen LogP) is 4.13. The normalized spacial score (nSPS) is 16.2. The Morgan fingerprint density at radius 3 is 2.59 bits per heavy atom. The molecular weight excluding hydrogens is 226 g/mol. The number of halogens is 2. The van der Waals surface area contributed by atoms with Gasteiger partial charge in [-0.25, -0.2) is 0 Å². The number of fused-ring (bicyclic) bond motifs is 1. The molecule has 4 heteroatoms. The Balaban J connectivity index is 1.94. The fourth-order valence-corrected chi connectivity index (χ4v) is 1.90. The average molecular weight is 242 g/mol. The van der Waals surface area contributed by atoms with E-state index in [9.17, 15) is 8.78 Å². The molecule has 94 valence electrons. The van der Waals surface area contributed by atoms with Gasteiger partial charge < -0.3 is 9.47 Å². The van der Waals surface area contributed by atoms with Gasteiger partial charge in [0.15, 0.2) is 11.5 Å². The molecule has 1 aliphatic heterocycles. The lowest BCUT2D eigenvalue weighted by Crippen LogP contribution is -2.25. The minimum Gasteiger partial charge on any atom is -0.395 e. The van der Waals surface area contributed by atoms with Gasteiger partial charge in [0.1, 0.15) is 0 Å². The van der Waals surface area contributed by atoms with Gasteiger partial charge in [0, 0.05) is 0 Å². The Kier molecular flexibility index (Phi) is 3.50. The molecule has 0 N–H and O–H groups in total. The minimum absolute atomic E-state index is 0.118. The highest BCUT2D eigenvalue weighted by atomic mass is 19.3. The molecule has 1 aliphatic rings. The molecule has 0 atom stereocenters. The summed E-state index contributed by atoms with van der Waals surface area (Å²) in [5.41, 5.74) is 1.01. The maximum atomic E-state index is 12.8. The Hall–Kier alpha value is -1.32. The third-order valence-electron chi connectivity index (χ3n) is 2.78. The van der Waals surface area contributed by atoms with E-state index < -0.39 is 6.29 Å². The van der Waals surface area contributed by atoms with Gasteiger partial charge in [0.05, 0.1) is 0 Å². The summed E-state index contributed by atoms with van der Waals surface area (Å²) in [6.45, 7) is 2.16. The third kappa shape index (κ3) is 3.08. The number of alkyl halides is 2. The molecule has 2 nitrogen and oxygen atoms in total. The fourth-order valence-electron chi connectivity index (χ4n) is 1.90. The molecule has 0 aliphatic carbocycles. The van der Waals surface area contributed by atoms with Crippen LogP contribution >= 0.6 is 0 Å². The molecule has 0 aromatic heterocycles. The van der Waals surface area contributed by atoms with Gasteiger partial charge in [0.2, 0.25) is 0 Å². The first-order valence-electron chi connectivity index (χ1n) is 5.99. The van der Waals surface area contributed by atoms with E-state index in [1.54, 1.807) is 12.1 Å². The van der Waals surface area contributed by atoms with Crippen LogP contribution in [0.5, 0.6) is 11.5 Å². The van der Waals surface area contributed by atoms with Crippen LogP contribution in [-0.2, 0) is 6.42 Å². The number of unbranched alkanes of at least 4 members (excludes halogenated alkanes) is 3. The standard InChI is InChI=1S/C13H16F2O2/c1-2-3-4-5-6-10-7-8-11-12(9-10)17-13(14,15)16-11/h7-9H,2-6H2,1H3. The van der Waals surface area contributed by atoms with Crippen LogP contribution in [0, 0.1) is 0 Å². The number of benzene rings is 1. The molecule has 2 rings (SSSR count). The summed E-state index contributed by atoms with van der Waals surface area (Å²) in [4.78, 5) is 0. The zero-order chi connectivity index (χ0) is 12.3. The van der Waals surface area contributed by atoms with Gasteiger partial charge in [-0.1, -0.05) is 32.3 Å². The van der Waals surface area contributed by atoms with Crippen LogP contribution in [0.15, 0.2) is 18.2 Å². The van der Waals surface area contributed by atoms with E-state index in [1.165, 1.54) is 19.3 Å². The Bertz CT molecular complexity index is 391. The van der Waals surface area contributed by atoms with Crippen LogP contribution in [0.2, 0.25) is 0 Å². The molecule has 0 spiro atoms. The summed E-state index contributed by atoms with van der Waals surface area (Å²) in [5, 5.41) is 0. The van der Waals surface area contributed by atoms with E-state index in [-0.39, 0.29) is 11.5 Å². The van der Waals surface area contributed by atoms with Crippen LogP contribution < -0.4 is 9.47 Å². The minimum atomic E-state index is -3.51. The smallest absolute Gasteiger partial charge is 0.395 e. The van der Waals surface area contributed by atoms with Crippen molar-refractivity contribution in [3.63, 3.8) is 0 Å². The number of hydrogen-bond donors (Lipinski definition) is 0. The van der Waals surface area contributed by atoms with Gasteiger partial charge in [-0.2, -0.15) is 0 Å². The number of aryl methyl sites for hydroxylation is 1. The lowest BCUT2D eigenvalue weighted by Gasteiger charge is -2.04. The van der Waals surface area contributed by atoms with Crippen molar-refractivity contribution in [3.05, 3.63) is 23.8 Å². The van der Waals surface area contributed by atoms with Crippen molar-refractivity contribution < 1.29 is 18.3 Å². The molecular formula is C13H16F2O2. The van der Waals surface area contributed by atoms with E-state index in [4.69, 9.17) is 0 Å². The first kappa shape index (κ1) is 12.1. The second-order valence-corrected chi connectivity index (χ2v) is 4.26. The van der Waals surface area contributed by atoms with E-state index in [1.807, 2.05) is 6.07 Å². The van der Waals surface area contributed by atoms with Crippen molar-refractivity contribution in [1.82, 2.24) is 0 Å². The van der Waals surface area contributed by atoms with Gasteiger partial charge in [-0.3, -0.25) is 0 Å². The zero-order valence-electron chi connectivity index (χ0n) is 9.84. The molecule has 17 heavy (non-hydrogen) atoms. The predicted molar refractivity (Wildman–Crippen MR) is 60.5 cm³/mol. The lowest BCUT2D eigenvalue weighted by molar-refractivity contribution is -0.286. The van der Waals surface area contributed by atoms with Crippen molar-refractivity contribution in [2.75, 3.05) is 0 Å². The molecule has 0 fully saturated rings. The Labute approximate surface area is 99.5 Å². The van der Waals surface area contributed by atoms with Gasteiger partial charge in [-0.05, 0) is 30.5 Å². The molecule has 0 unspecified atom stereocenters. The van der Waals surface area contributed by atoms with Crippen LogP contribution in [-0.4, -0.2) is 6.29 Å². The molecule has 0 bridgehead atoms. The molecule has 0 saturated carbocycles. The summed E-state index contributed by atoms with van der Waals surface area (Å²) in [6.07, 6.45) is 2.02. The van der Waals surface area contributed by atoms with Crippen LogP contribution in [0.25, 0.3) is 0 Å². The summed E-state index contributed by atoms with van der Waals surface area (Å²) in [7, 11) is 0. The summed E-state index contributed by atoms with van der Waals surface area (Å²) >= 11 is 0. The molecule has 1 heterocycles. The molecule has 0 amide bonds. The SMILES string of the molecule is CCCCCCc1ccc2c(c1)OC(F)(F)O2. The van der Waals surface area contributed by atoms with E-state index >= 15 is 0 Å². The van der Waals surface area contributed by atoms with Crippen LogP contribution in [0.4, 0.5) is 8.78 Å². The van der Waals surface area contributed by atoms with Crippen LogP contribution in [0.3, 0.4) is 0 Å². The van der Waals surface area contributed by atoms with Crippen molar-refractivity contribution in [1.29, 1.82) is 0 Å². The van der Waals surface area contributed by atoms with Gasteiger partial charge in [0.25, 0.3) is 0 Å². The molecule has 1 aromatic rings.